The first-order valence-electron chi connectivity index (χ1n) is 19.6. The Morgan fingerprint density at radius 2 is 1.60 bits per heavy atom. The Kier molecular flexibility index (Phi) is 14.7. The second-order valence-corrected chi connectivity index (χ2v) is 16.3. The van der Waals surface area contributed by atoms with E-state index in [1.807, 2.05) is 0 Å². The molecule has 2 aromatic rings. The Bertz CT molecular complexity index is 1820. The molecular formula is C41H52F3NO11S. The molecule has 1 saturated heterocycles. The number of amides is 1. The zero-order valence-electron chi connectivity index (χ0n) is 32.4. The normalized spacial score (nSPS) is 24.4. The molecule has 57 heavy (non-hydrogen) atoms. The number of rotatable bonds is 18. The number of nitrogens with one attached hydrogen (secondary N) is 1. The van der Waals surface area contributed by atoms with Gasteiger partial charge in [-0.1, -0.05) is 76.8 Å². The van der Waals surface area contributed by atoms with Gasteiger partial charge in [0.1, 0.15) is 29.0 Å². The monoisotopic (exact) mass is 823 g/mol. The molecule has 0 saturated carbocycles. The number of halogens is 3. The predicted octanol–water partition coefficient (Wildman–Crippen LogP) is 6.38. The fourth-order valence-electron chi connectivity index (χ4n) is 7.95. The van der Waals surface area contributed by atoms with E-state index in [0.29, 0.717) is 5.75 Å². The minimum absolute atomic E-state index is 0.0336. The van der Waals surface area contributed by atoms with Crippen LogP contribution in [0.15, 0.2) is 18.2 Å². The molecule has 1 aliphatic heterocycles. The highest BCUT2D eigenvalue weighted by atomic mass is 32.2. The lowest BCUT2D eigenvalue weighted by Gasteiger charge is -2.43. The summed E-state index contributed by atoms with van der Waals surface area (Å²) in [6.45, 7) is 3.52. The van der Waals surface area contributed by atoms with Crippen molar-refractivity contribution in [2.45, 2.75) is 140 Å². The quantitative estimate of drug-likeness (QED) is 0.0705. The Hall–Kier alpha value is -3.70. The number of hydrogen-bond acceptors (Lipinski definition) is 12. The van der Waals surface area contributed by atoms with E-state index in [4.69, 9.17) is 14.2 Å². The molecule has 3 aliphatic rings. The van der Waals surface area contributed by atoms with E-state index in [-0.39, 0.29) is 33.8 Å². The largest absolute Gasteiger partial charge is 0.507 e. The number of methoxy groups -OCH3 is 1. The van der Waals surface area contributed by atoms with Crippen LogP contribution in [0.1, 0.15) is 140 Å². The second-order valence-electron chi connectivity index (χ2n) is 15.2. The highest BCUT2D eigenvalue weighted by molar-refractivity contribution is 7.99. The number of Topliss-reactive ketones (excluding diaryl/α,β-unsaturated/α-hetero) is 1. The van der Waals surface area contributed by atoms with Gasteiger partial charge in [-0.05, 0) is 25.2 Å². The average Bonchev–Trinajstić information content (AvgIpc) is 3.16. The van der Waals surface area contributed by atoms with E-state index in [1.165, 1.54) is 82.5 Å². The number of alkyl halides is 3. The topological polar surface area (TPSA) is 189 Å². The lowest BCUT2D eigenvalue weighted by Crippen LogP contribution is -2.57. The molecule has 1 fully saturated rings. The van der Waals surface area contributed by atoms with Crippen molar-refractivity contribution in [2.75, 3.05) is 18.6 Å². The smallest absolute Gasteiger partial charge is 0.471 e. The molecule has 1 amide bonds. The minimum atomic E-state index is -5.25. The molecule has 5 N–H and O–H groups in total. The number of carbonyl (C=O) groups excluding carboxylic acids is 4. The van der Waals surface area contributed by atoms with Gasteiger partial charge < -0.3 is 40.0 Å². The van der Waals surface area contributed by atoms with Gasteiger partial charge in [0.25, 0.3) is 0 Å². The van der Waals surface area contributed by atoms with Gasteiger partial charge in [-0.2, -0.15) is 24.9 Å². The van der Waals surface area contributed by atoms with Crippen molar-refractivity contribution in [1.82, 2.24) is 5.32 Å². The maximum atomic E-state index is 14.0. The van der Waals surface area contributed by atoms with E-state index in [1.54, 1.807) is 5.32 Å². The highest BCUT2D eigenvalue weighted by Gasteiger charge is 2.51. The molecule has 5 rings (SSSR count). The number of thioether (sulfide) groups is 1. The summed E-state index contributed by atoms with van der Waals surface area (Å²) < 4.78 is 56.7. The second kappa shape index (κ2) is 18.9. The number of benzene rings is 2. The van der Waals surface area contributed by atoms with Crippen molar-refractivity contribution in [3.05, 3.63) is 51.6 Å². The molecule has 0 aromatic heterocycles. The molecule has 0 unspecified atom stereocenters. The molecule has 6 atom stereocenters. The van der Waals surface area contributed by atoms with Crippen molar-refractivity contribution in [3.63, 3.8) is 0 Å². The summed E-state index contributed by atoms with van der Waals surface area (Å²) in [4.78, 5) is 53.5. The first-order chi connectivity index (χ1) is 27.0. The van der Waals surface area contributed by atoms with Crippen LogP contribution in [0, 0.1) is 0 Å². The number of phenolic OH excluding ortho intramolecular Hbond substituents is 2. The number of hydrogen-bond donors (Lipinski definition) is 5. The van der Waals surface area contributed by atoms with Gasteiger partial charge in [-0.15, -0.1) is 0 Å². The number of carbonyl (C=O) groups is 4. The van der Waals surface area contributed by atoms with Crippen LogP contribution in [-0.4, -0.2) is 98.6 Å². The standard InChI is InChI=1S/C41H52F3NO11S/c1-4-5-6-7-8-9-10-11-12-13-17-57-21-28(46)40(53)19-24-31(27(20-40)56-29-18-25(34(47)22(2)55-29)45-39(52)41(42,43)44)38(51)33-32(36(24)49)35(48)23-15-14-16-26(54-3)30(23)37(33)50/h14-16,22,25,27,29,34,47,49,51,53H,4-13,17-21H2,1-3H3,(H,45,52)/t22-,25-,27-,29-,34+,40-/m0/s1. The van der Waals surface area contributed by atoms with Crippen LogP contribution < -0.4 is 10.1 Å². The van der Waals surface area contributed by atoms with Crippen molar-refractivity contribution < 1.29 is 67.0 Å². The number of aromatic hydroxyl groups is 2. The number of aliphatic hydroxyl groups is 2. The van der Waals surface area contributed by atoms with Crippen LogP contribution in [0.2, 0.25) is 0 Å². The van der Waals surface area contributed by atoms with Crippen molar-refractivity contribution in [3.8, 4) is 17.2 Å². The number of ether oxygens (including phenoxy) is 3. The Labute approximate surface area is 333 Å². The average molecular weight is 824 g/mol. The van der Waals surface area contributed by atoms with Gasteiger partial charge in [0.2, 0.25) is 5.78 Å². The van der Waals surface area contributed by atoms with Gasteiger partial charge in [-0.25, -0.2) is 0 Å². The summed E-state index contributed by atoms with van der Waals surface area (Å²) in [6, 6.07) is 2.77. The number of ketones is 3. The lowest BCUT2D eigenvalue weighted by atomic mass is 9.72. The zero-order valence-corrected chi connectivity index (χ0v) is 33.2. The summed E-state index contributed by atoms with van der Waals surface area (Å²) in [6.07, 6.45) is -1.21. The van der Waals surface area contributed by atoms with E-state index in [2.05, 4.69) is 6.92 Å². The molecule has 0 radical (unpaired) electrons. The van der Waals surface area contributed by atoms with Gasteiger partial charge in [-0.3, -0.25) is 19.2 Å². The fraction of sp³-hybridized carbons (Fsp3) is 0.610. The molecule has 0 spiro atoms. The molecule has 12 nitrogen and oxygen atoms in total. The first kappa shape index (κ1) is 44.4. The molecule has 314 valence electrons. The highest BCUT2D eigenvalue weighted by Crippen LogP contribution is 2.52. The van der Waals surface area contributed by atoms with E-state index < -0.39 is 108 Å². The summed E-state index contributed by atoms with van der Waals surface area (Å²) in [7, 11) is 1.29. The van der Waals surface area contributed by atoms with E-state index in [9.17, 15) is 52.8 Å². The molecule has 1 heterocycles. The summed E-state index contributed by atoms with van der Waals surface area (Å²) in [5.41, 5.74) is -4.07. The molecule has 16 heteroatoms. The molecule has 2 aliphatic carbocycles. The Balaban J connectivity index is 1.40. The number of phenols is 2. The Morgan fingerprint density at radius 1 is 0.965 bits per heavy atom. The van der Waals surface area contributed by atoms with Crippen LogP contribution in [0.4, 0.5) is 13.2 Å². The maximum Gasteiger partial charge on any atom is 0.471 e. The summed E-state index contributed by atoms with van der Waals surface area (Å²) in [5.74, 6) is -5.57. The van der Waals surface area contributed by atoms with Gasteiger partial charge in [0, 0.05) is 36.0 Å². The molecule has 2 aromatic carbocycles. The van der Waals surface area contributed by atoms with E-state index >= 15 is 0 Å². The predicted molar refractivity (Wildman–Crippen MR) is 204 cm³/mol. The minimum Gasteiger partial charge on any atom is -0.507 e. The van der Waals surface area contributed by atoms with Crippen LogP contribution in [-0.2, 0) is 25.5 Å². The summed E-state index contributed by atoms with van der Waals surface area (Å²) >= 11 is 1.33. The number of fused-ring (bicyclic) bond motifs is 3. The van der Waals surface area contributed by atoms with Crippen LogP contribution in [0.25, 0.3) is 0 Å². The van der Waals surface area contributed by atoms with E-state index in [0.717, 1.165) is 25.7 Å². The summed E-state index contributed by atoms with van der Waals surface area (Å²) in [5, 5.41) is 47.9. The number of aliphatic hydroxyl groups excluding tert-OH is 1. The van der Waals surface area contributed by atoms with Gasteiger partial charge >= 0.3 is 12.1 Å². The van der Waals surface area contributed by atoms with Crippen LogP contribution in [0.5, 0.6) is 17.2 Å². The first-order valence-corrected chi connectivity index (χ1v) is 20.8. The molecule has 0 bridgehead atoms. The SMILES string of the molecule is CCCCCCCCCCCCSCC(=O)[C@]1(O)Cc2c(O)c3c(c(O)c2[C@@H](O[C@H]2C[C@H](NC(=O)C(F)(F)F)[C@H](O)[C@H](C)O2)C1)C(=O)c1c(OC)cccc1C3=O. The van der Waals surface area contributed by atoms with Gasteiger partial charge in [0.15, 0.2) is 17.9 Å². The van der Waals surface area contributed by atoms with Crippen molar-refractivity contribution >= 4 is 35.0 Å². The van der Waals surface area contributed by atoms with Crippen molar-refractivity contribution in [2.24, 2.45) is 0 Å². The lowest BCUT2D eigenvalue weighted by molar-refractivity contribution is -0.250. The third kappa shape index (κ3) is 9.78. The van der Waals surface area contributed by atoms with Crippen LogP contribution in [0.3, 0.4) is 0 Å². The van der Waals surface area contributed by atoms with Crippen LogP contribution >= 0.6 is 11.8 Å². The van der Waals surface area contributed by atoms with Crippen molar-refractivity contribution in [1.29, 1.82) is 0 Å². The number of unbranched alkanes of at least 4 members (excludes halogenated alkanes) is 9. The van der Waals surface area contributed by atoms with Gasteiger partial charge in [0.05, 0.1) is 47.8 Å². The maximum absolute atomic E-state index is 14.0. The third-order valence-corrected chi connectivity index (χ3v) is 12.1. The zero-order chi connectivity index (χ0) is 41.7. The third-order valence-electron chi connectivity index (χ3n) is 11.1. The molecular weight excluding hydrogens is 772 g/mol. The fourth-order valence-corrected chi connectivity index (χ4v) is 8.96. The Morgan fingerprint density at radius 3 is 2.23 bits per heavy atom.